The number of methoxy groups -OCH3 is 1. The van der Waals surface area contributed by atoms with Gasteiger partial charge in [0.2, 0.25) is 0 Å². The zero-order valence-electron chi connectivity index (χ0n) is 11.5. The highest BCUT2D eigenvalue weighted by atomic mass is 19.4. The van der Waals surface area contributed by atoms with Crippen LogP contribution in [-0.2, 0) is 4.74 Å². The van der Waals surface area contributed by atoms with Crippen LogP contribution in [0, 0.1) is 5.92 Å². The van der Waals surface area contributed by atoms with E-state index in [1.165, 1.54) is 0 Å². The standard InChI is InChI=1S/C13H25F3N2O/c1-19-9-12(6-3-7-17)18-11-5-2-4-10(8-11)13(14,15)16/h10-12,18H,2-9,17H2,1H3. The highest BCUT2D eigenvalue weighted by Gasteiger charge is 2.42. The predicted octanol–water partition coefficient (Wildman–Crippen LogP) is 2.45. The third-order valence-corrected chi connectivity index (χ3v) is 3.73. The lowest BCUT2D eigenvalue weighted by Gasteiger charge is -2.33. The fourth-order valence-electron chi connectivity index (χ4n) is 2.75. The maximum Gasteiger partial charge on any atom is 0.391 e. The maximum absolute atomic E-state index is 12.7. The van der Waals surface area contributed by atoms with E-state index in [4.69, 9.17) is 10.5 Å². The first kappa shape index (κ1) is 16.7. The molecule has 19 heavy (non-hydrogen) atoms. The van der Waals surface area contributed by atoms with Gasteiger partial charge in [0, 0.05) is 19.2 Å². The van der Waals surface area contributed by atoms with E-state index in [1.807, 2.05) is 0 Å². The first-order chi connectivity index (χ1) is 8.97. The average Bonchev–Trinajstić information content (AvgIpc) is 2.35. The Labute approximate surface area is 113 Å². The van der Waals surface area contributed by atoms with Gasteiger partial charge in [-0.2, -0.15) is 13.2 Å². The molecule has 0 aromatic heterocycles. The van der Waals surface area contributed by atoms with Gasteiger partial charge in [-0.15, -0.1) is 0 Å². The monoisotopic (exact) mass is 282 g/mol. The highest BCUT2D eigenvalue weighted by molar-refractivity contribution is 4.84. The van der Waals surface area contributed by atoms with Crippen molar-refractivity contribution in [2.75, 3.05) is 20.3 Å². The molecule has 3 N–H and O–H groups in total. The molecule has 3 unspecified atom stereocenters. The Morgan fingerprint density at radius 3 is 2.68 bits per heavy atom. The Morgan fingerprint density at radius 2 is 2.11 bits per heavy atom. The molecule has 1 fully saturated rings. The highest BCUT2D eigenvalue weighted by Crippen LogP contribution is 2.37. The van der Waals surface area contributed by atoms with E-state index < -0.39 is 12.1 Å². The van der Waals surface area contributed by atoms with Crippen LogP contribution in [-0.4, -0.2) is 38.5 Å². The number of alkyl halides is 3. The van der Waals surface area contributed by atoms with E-state index in [-0.39, 0.29) is 24.9 Å². The normalized spacial score (nSPS) is 26.4. The zero-order chi connectivity index (χ0) is 14.3. The summed E-state index contributed by atoms with van der Waals surface area (Å²) in [5, 5.41) is 3.31. The topological polar surface area (TPSA) is 47.3 Å². The molecule has 0 aromatic carbocycles. The Morgan fingerprint density at radius 1 is 1.37 bits per heavy atom. The lowest BCUT2D eigenvalue weighted by molar-refractivity contribution is -0.184. The Kier molecular flexibility index (Phi) is 7.10. The fourth-order valence-corrected chi connectivity index (χ4v) is 2.75. The minimum Gasteiger partial charge on any atom is -0.383 e. The predicted molar refractivity (Wildman–Crippen MR) is 68.9 cm³/mol. The molecule has 3 nitrogen and oxygen atoms in total. The first-order valence-corrected chi connectivity index (χ1v) is 6.99. The van der Waals surface area contributed by atoms with Crippen molar-refractivity contribution in [2.45, 2.75) is 56.8 Å². The largest absolute Gasteiger partial charge is 0.391 e. The Balaban J connectivity index is 2.44. The van der Waals surface area contributed by atoms with Gasteiger partial charge < -0.3 is 15.8 Å². The van der Waals surface area contributed by atoms with Gasteiger partial charge in [-0.1, -0.05) is 6.42 Å². The molecular weight excluding hydrogens is 257 g/mol. The van der Waals surface area contributed by atoms with Gasteiger partial charge in [0.05, 0.1) is 12.5 Å². The second-order valence-electron chi connectivity index (χ2n) is 5.35. The fraction of sp³-hybridized carbons (Fsp3) is 1.00. The number of hydrogen-bond donors (Lipinski definition) is 2. The second kappa shape index (κ2) is 8.07. The van der Waals surface area contributed by atoms with Crippen LogP contribution in [0.3, 0.4) is 0 Å². The number of nitrogens with two attached hydrogens (primary N) is 1. The van der Waals surface area contributed by atoms with Gasteiger partial charge in [0.15, 0.2) is 0 Å². The van der Waals surface area contributed by atoms with Crippen LogP contribution < -0.4 is 11.1 Å². The first-order valence-electron chi connectivity index (χ1n) is 6.99. The number of ether oxygens (including phenoxy) is 1. The molecule has 6 heteroatoms. The molecule has 3 atom stereocenters. The van der Waals surface area contributed by atoms with Crippen molar-refractivity contribution in [1.82, 2.24) is 5.32 Å². The van der Waals surface area contributed by atoms with Gasteiger partial charge in [-0.25, -0.2) is 0 Å². The van der Waals surface area contributed by atoms with Crippen molar-refractivity contribution in [3.63, 3.8) is 0 Å². The molecule has 0 saturated heterocycles. The lowest BCUT2D eigenvalue weighted by atomic mass is 9.85. The van der Waals surface area contributed by atoms with Crippen molar-refractivity contribution >= 4 is 0 Å². The van der Waals surface area contributed by atoms with Crippen molar-refractivity contribution in [1.29, 1.82) is 0 Å². The van der Waals surface area contributed by atoms with Gasteiger partial charge >= 0.3 is 6.18 Å². The summed E-state index contributed by atoms with van der Waals surface area (Å²) >= 11 is 0. The van der Waals surface area contributed by atoms with E-state index in [1.54, 1.807) is 7.11 Å². The van der Waals surface area contributed by atoms with Crippen molar-refractivity contribution < 1.29 is 17.9 Å². The van der Waals surface area contributed by atoms with Crippen LogP contribution in [0.4, 0.5) is 13.2 Å². The van der Waals surface area contributed by atoms with E-state index in [0.717, 1.165) is 19.3 Å². The molecule has 1 aliphatic carbocycles. The molecular formula is C13H25F3N2O. The van der Waals surface area contributed by atoms with Gasteiger partial charge in [-0.05, 0) is 38.6 Å². The summed E-state index contributed by atoms with van der Waals surface area (Å²) in [6, 6.07) is 0.0452. The molecule has 1 aliphatic rings. The summed E-state index contributed by atoms with van der Waals surface area (Å²) in [7, 11) is 1.61. The summed E-state index contributed by atoms with van der Waals surface area (Å²) in [5.74, 6) is -1.16. The van der Waals surface area contributed by atoms with E-state index in [9.17, 15) is 13.2 Å². The van der Waals surface area contributed by atoms with Crippen molar-refractivity contribution in [3.05, 3.63) is 0 Å². The summed E-state index contributed by atoms with van der Waals surface area (Å²) in [4.78, 5) is 0. The van der Waals surface area contributed by atoms with Crippen LogP contribution in [0.2, 0.25) is 0 Å². The molecule has 1 saturated carbocycles. The minimum atomic E-state index is -4.06. The molecule has 114 valence electrons. The van der Waals surface area contributed by atoms with Crippen LogP contribution >= 0.6 is 0 Å². The average molecular weight is 282 g/mol. The summed E-state index contributed by atoms with van der Waals surface area (Å²) < 4.78 is 43.3. The zero-order valence-corrected chi connectivity index (χ0v) is 11.5. The number of hydrogen-bond acceptors (Lipinski definition) is 3. The quantitative estimate of drug-likeness (QED) is 0.754. The minimum absolute atomic E-state index is 0.0571. The van der Waals surface area contributed by atoms with Crippen molar-refractivity contribution in [2.24, 2.45) is 11.7 Å². The number of halogens is 3. The number of nitrogens with one attached hydrogen (secondary N) is 1. The third kappa shape index (κ3) is 6.10. The molecule has 0 radical (unpaired) electrons. The molecule has 0 heterocycles. The van der Waals surface area contributed by atoms with Crippen LogP contribution in [0.25, 0.3) is 0 Å². The lowest BCUT2D eigenvalue weighted by Crippen LogP contribution is -2.45. The Bertz CT molecular complexity index is 249. The molecule has 0 spiro atoms. The SMILES string of the molecule is COCC(CCCN)NC1CCCC(C(F)(F)F)C1. The summed E-state index contributed by atoms with van der Waals surface area (Å²) in [5.41, 5.74) is 5.47. The molecule has 1 rings (SSSR count). The maximum atomic E-state index is 12.7. The van der Waals surface area contributed by atoms with E-state index in [2.05, 4.69) is 5.32 Å². The van der Waals surface area contributed by atoms with E-state index in [0.29, 0.717) is 19.6 Å². The molecule has 0 amide bonds. The van der Waals surface area contributed by atoms with Crippen molar-refractivity contribution in [3.8, 4) is 0 Å². The summed E-state index contributed by atoms with van der Waals surface area (Å²) in [6.07, 6.45) is -0.456. The Hall–Kier alpha value is -0.330. The second-order valence-corrected chi connectivity index (χ2v) is 5.35. The summed E-state index contributed by atoms with van der Waals surface area (Å²) in [6.45, 7) is 1.12. The van der Waals surface area contributed by atoms with Crippen LogP contribution in [0.1, 0.15) is 38.5 Å². The van der Waals surface area contributed by atoms with Gasteiger partial charge in [0.1, 0.15) is 0 Å². The number of rotatable bonds is 7. The molecule has 0 aliphatic heterocycles. The smallest absolute Gasteiger partial charge is 0.383 e. The molecule has 0 aromatic rings. The van der Waals surface area contributed by atoms with Crippen LogP contribution in [0.15, 0.2) is 0 Å². The third-order valence-electron chi connectivity index (χ3n) is 3.73. The van der Waals surface area contributed by atoms with Gasteiger partial charge in [0.25, 0.3) is 0 Å². The molecule has 0 bridgehead atoms. The van der Waals surface area contributed by atoms with Crippen LogP contribution in [0.5, 0.6) is 0 Å². The van der Waals surface area contributed by atoms with E-state index >= 15 is 0 Å². The van der Waals surface area contributed by atoms with Gasteiger partial charge in [-0.3, -0.25) is 0 Å².